The van der Waals surface area contributed by atoms with Crippen LogP contribution in [0.5, 0.6) is 0 Å². The summed E-state index contributed by atoms with van der Waals surface area (Å²) in [6, 6.07) is 46.8. The molecule has 0 fully saturated rings. The Kier molecular flexibility index (Phi) is 7.75. The zero-order valence-corrected chi connectivity index (χ0v) is 27.1. The molecule has 48 heavy (non-hydrogen) atoms. The number of hydrogen-bond acceptors (Lipinski definition) is 4. The minimum absolute atomic E-state index is 0.685. The standard InChI is InChI=1S/C44H34N4/c1-29-22-30(2)46-43(45-29)37-19-11-18-35(24-37)38-25-39(36-21-20-31-12-9-10-17-34(31)23-36)27-40(26-38)44-47-41(32-13-5-3-6-14-32)28-42(48-44)33-15-7-4-8-16-33/h3-8,10-11,13-28H,9,12H2,1-2H3. The fraction of sp³-hybridized carbons (Fsp3) is 0.0909. The van der Waals surface area contributed by atoms with Gasteiger partial charge in [0.05, 0.1) is 11.4 Å². The van der Waals surface area contributed by atoms with Crippen LogP contribution in [0.1, 0.15) is 28.9 Å². The average Bonchev–Trinajstić information content (AvgIpc) is 3.14. The summed E-state index contributed by atoms with van der Waals surface area (Å²) in [6.45, 7) is 4.03. The van der Waals surface area contributed by atoms with Crippen molar-refractivity contribution in [2.24, 2.45) is 0 Å². The van der Waals surface area contributed by atoms with E-state index >= 15 is 0 Å². The van der Waals surface area contributed by atoms with Crippen LogP contribution >= 0.6 is 0 Å². The molecular weight excluding hydrogens is 585 g/mol. The molecule has 7 aromatic rings. The maximum absolute atomic E-state index is 5.18. The number of aromatic nitrogens is 4. The second kappa shape index (κ2) is 12.7. The van der Waals surface area contributed by atoms with Crippen LogP contribution in [0.3, 0.4) is 0 Å². The summed E-state index contributed by atoms with van der Waals surface area (Å²) in [5, 5.41) is 0. The van der Waals surface area contributed by atoms with Gasteiger partial charge in [-0.25, -0.2) is 19.9 Å². The van der Waals surface area contributed by atoms with E-state index in [0.717, 1.165) is 80.4 Å². The maximum atomic E-state index is 5.18. The van der Waals surface area contributed by atoms with E-state index in [1.807, 2.05) is 32.0 Å². The normalized spacial score (nSPS) is 12.1. The van der Waals surface area contributed by atoms with Crippen molar-refractivity contribution >= 4 is 6.08 Å². The third-order valence-electron chi connectivity index (χ3n) is 8.85. The topological polar surface area (TPSA) is 51.6 Å². The summed E-state index contributed by atoms with van der Waals surface area (Å²) >= 11 is 0. The molecule has 0 unspecified atom stereocenters. The summed E-state index contributed by atoms with van der Waals surface area (Å²) < 4.78 is 0. The van der Waals surface area contributed by atoms with Gasteiger partial charge >= 0.3 is 0 Å². The maximum Gasteiger partial charge on any atom is 0.160 e. The molecule has 0 amide bonds. The largest absolute Gasteiger partial charge is 0.233 e. The Hall–Kier alpha value is -6.00. The number of nitrogens with zero attached hydrogens (tertiary/aromatic N) is 4. The van der Waals surface area contributed by atoms with Crippen LogP contribution in [0.4, 0.5) is 0 Å². The van der Waals surface area contributed by atoms with E-state index in [-0.39, 0.29) is 0 Å². The van der Waals surface area contributed by atoms with Gasteiger partial charge in [-0.3, -0.25) is 0 Å². The minimum atomic E-state index is 0.685. The highest BCUT2D eigenvalue weighted by Gasteiger charge is 2.15. The van der Waals surface area contributed by atoms with E-state index in [0.29, 0.717) is 5.82 Å². The molecule has 0 saturated carbocycles. The first-order valence-corrected chi connectivity index (χ1v) is 16.4. The SMILES string of the molecule is Cc1cc(C)nc(-c2cccc(-c3cc(-c4ccc5c(c4)C=CCC5)cc(-c4nc(-c5ccccc5)cc(-c5ccccc5)n4)c3)c2)n1. The second-order valence-corrected chi connectivity index (χ2v) is 12.4. The second-order valence-electron chi connectivity index (χ2n) is 12.4. The fourth-order valence-electron chi connectivity index (χ4n) is 6.48. The van der Waals surface area contributed by atoms with E-state index in [1.165, 1.54) is 16.7 Å². The van der Waals surface area contributed by atoms with E-state index < -0.39 is 0 Å². The van der Waals surface area contributed by atoms with E-state index in [9.17, 15) is 0 Å². The van der Waals surface area contributed by atoms with Crippen molar-refractivity contribution < 1.29 is 0 Å². The molecule has 8 rings (SSSR count). The Labute approximate surface area is 281 Å². The van der Waals surface area contributed by atoms with Crippen LogP contribution < -0.4 is 0 Å². The van der Waals surface area contributed by atoms with Gasteiger partial charge in [-0.1, -0.05) is 103 Å². The molecule has 5 aromatic carbocycles. The van der Waals surface area contributed by atoms with Crippen LogP contribution in [-0.2, 0) is 6.42 Å². The first-order chi connectivity index (χ1) is 23.6. The molecule has 0 aliphatic heterocycles. The molecule has 4 heteroatoms. The molecule has 4 nitrogen and oxygen atoms in total. The van der Waals surface area contributed by atoms with Gasteiger partial charge in [0, 0.05) is 33.6 Å². The Bertz CT molecular complexity index is 2230. The predicted molar refractivity (Wildman–Crippen MR) is 197 cm³/mol. The van der Waals surface area contributed by atoms with Crippen molar-refractivity contribution in [1.82, 2.24) is 19.9 Å². The number of allylic oxidation sites excluding steroid dienone is 1. The minimum Gasteiger partial charge on any atom is -0.233 e. The van der Waals surface area contributed by atoms with Crippen molar-refractivity contribution in [2.45, 2.75) is 26.7 Å². The van der Waals surface area contributed by atoms with Gasteiger partial charge in [0.25, 0.3) is 0 Å². The first-order valence-electron chi connectivity index (χ1n) is 16.4. The number of benzene rings is 5. The van der Waals surface area contributed by atoms with Gasteiger partial charge in [0.1, 0.15) is 0 Å². The van der Waals surface area contributed by atoms with Crippen LogP contribution in [0, 0.1) is 13.8 Å². The van der Waals surface area contributed by atoms with Crippen molar-refractivity contribution in [3.8, 4) is 67.5 Å². The van der Waals surface area contributed by atoms with Gasteiger partial charge in [-0.2, -0.15) is 0 Å². The number of hydrogen-bond donors (Lipinski definition) is 0. The molecule has 0 N–H and O–H groups in total. The van der Waals surface area contributed by atoms with E-state index in [2.05, 4.69) is 127 Å². The Morgan fingerprint density at radius 2 is 0.958 bits per heavy atom. The average molecular weight is 619 g/mol. The molecule has 0 saturated heterocycles. The first kappa shape index (κ1) is 29.4. The van der Waals surface area contributed by atoms with Crippen molar-refractivity contribution in [1.29, 1.82) is 0 Å². The third-order valence-corrected chi connectivity index (χ3v) is 8.85. The molecule has 0 bridgehead atoms. The lowest BCUT2D eigenvalue weighted by Crippen LogP contribution is -1.98. The fourth-order valence-corrected chi connectivity index (χ4v) is 6.48. The monoisotopic (exact) mass is 618 g/mol. The molecule has 230 valence electrons. The summed E-state index contributed by atoms with van der Waals surface area (Å²) in [4.78, 5) is 19.9. The van der Waals surface area contributed by atoms with Crippen LogP contribution in [0.25, 0.3) is 73.6 Å². The van der Waals surface area contributed by atoms with Crippen molar-refractivity contribution in [3.63, 3.8) is 0 Å². The highest BCUT2D eigenvalue weighted by molar-refractivity contribution is 5.83. The molecule has 2 heterocycles. The van der Waals surface area contributed by atoms with Crippen molar-refractivity contribution in [3.05, 3.63) is 162 Å². The van der Waals surface area contributed by atoms with Crippen LogP contribution in [-0.4, -0.2) is 19.9 Å². The summed E-state index contributed by atoms with van der Waals surface area (Å²) in [6.07, 6.45) is 6.68. The molecule has 0 spiro atoms. The number of aryl methyl sites for hydroxylation is 3. The van der Waals surface area contributed by atoms with Crippen molar-refractivity contribution in [2.75, 3.05) is 0 Å². The van der Waals surface area contributed by atoms with Gasteiger partial charge in [0.15, 0.2) is 11.6 Å². The van der Waals surface area contributed by atoms with Gasteiger partial charge < -0.3 is 0 Å². The summed E-state index contributed by atoms with van der Waals surface area (Å²) in [5.41, 5.74) is 14.9. The van der Waals surface area contributed by atoms with Gasteiger partial charge in [0.2, 0.25) is 0 Å². The van der Waals surface area contributed by atoms with Crippen LogP contribution in [0.2, 0.25) is 0 Å². The van der Waals surface area contributed by atoms with Crippen LogP contribution in [0.15, 0.2) is 140 Å². The quantitative estimate of drug-likeness (QED) is 0.186. The lowest BCUT2D eigenvalue weighted by atomic mass is 9.91. The summed E-state index contributed by atoms with van der Waals surface area (Å²) in [7, 11) is 0. The van der Waals surface area contributed by atoms with E-state index in [4.69, 9.17) is 19.9 Å². The highest BCUT2D eigenvalue weighted by atomic mass is 14.9. The smallest absolute Gasteiger partial charge is 0.160 e. The Morgan fingerprint density at radius 1 is 0.417 bits per heavy atom. The molecule has 0 radical (unpaired) electrons. The Morgan fingerprint density at radius 3 is 1.62 bits per heavy atom. The Balaban J connectivity index is 1.33. The third kappa shape index (κ3) is 6.08. The number of rotatable bonds is 6. The summed E-state index contributed by atoms with van der Waals surface area (Å²) in [5.74, 6) is 1.42. The zero-order valence-electron chi connectivity index (χ0n) is 27.1. The number of fused-ring (bicyclic) bond motifs is 1. The lowest BCUT2D eigenvalue weighted by molar-refractivity contribution is 0.986. The highest BCUT2D eigenvalue weighted by Crippen LogP contribution is 2.36. The lowest BCUT2D eigenvalue weighted by Gasteiger charge is -2.15. The molecule has 0 atom stereocenters. The molecular formula is C44H34N4. The van der Waals surface area contributed by atoms with E-state index in [1.54, 1.807) is 0 Å². The molecule has 2 aromatic heterocycles. The molecule has 1 aliphatic carbocycles. The predicted octanol–water partition coefficient (Wildman–Crippen LogP) is 10.8. The van der Waals surface area contributed by atoms with Gasteiger partial charge in [-0.15, -0.1) is 0 Å². The van der Waals surface area contributed by atoms with Gasteiger partial charge in [-0.05, 0) is 103 Å². The zero-order chi connectivity index (χ0) is 32.5. The molecule has 1 aliphatic rings.